The Morgan fingerprint density at radius 3 is 3.10 bits per heavy atom. The Bertz CT molecular complexity index is 592. The summed E-state index contributed by atoms with van der Waals surface area (Å²) in [7, 11) is 0. The molecule has 6 heteroatoms. The highest BCUT2D eigenvalue weighted by Crippen LogP contribution is 2.22. The Labute approximate surface area is 126 Å². The minimum atomic E-state index is 0.196. The summed E-state index contributed by atoms with van der Waals surface area (Å²) in [5.41, 5.74) is 0. The van der Waals surface area contributed by atoms with E-state index in [1.54, 1.807) is 0 Å². The molecule has 2 aromatic heterocycles. The molecular formula is C14H19BrN4O. The standard InChI is InChI=1S/C14H19BrN4O/c1-3-13-17-14-7-4-10(8-19(14)18-13)16-9(2)11-5-6-12(15)20-11/h5-6,9-10,16H,3-4,7-8H2,1-2H3/t9-,10+/m1/s1. The van der Waals surface area contributed by atoms with Crippen molar-refractivity contribution in [3.63, 3.8) is 0 Å². The number of hydrogen-bond donors (Lipinski definition) is 1. The van der Waals surface area contributed by atoms with Gasteiger partial charge in [0.2, 0.25) is 0 Å². The minimum Gasteiger partial charge on any atom is -0.453 e. The zero-order chi connectivity index (χ0) is 14.1. The lowest BCUT2D eigenvalue weighted by Gasteiger charge is -2.26. The predicted octanol–water partition coefficient (Wildman–Crippen LogP) is 2.86. The van der Waals surface area contributed by atoms with Crippen LogP contribution in [0.25, 0.3) is 0 Å². The van der Waals surface area contributed by atoms with Gasteiger partial charge in [-0.05, 0) is 41.4 Å². The molecule has 0 aromatic carbocycles. The zero-order valence-corrected chi connectivity index (χ0v) is 13.4. The topological polar surface area (TPSA) is 55.9 Å². The molecule has 0 radical (unpaired) electrons. The van der Waals surface area contributed by atoms with Gasteiger partial charge < -0.3 is 9.73 Å². The van der Waals surface area contributed by atoms with Crippen LogP contribution in [0.5, 0.6) is 0 Å². The van der Waals surface area contributed by atoms with Crippen molar-refractivity contribution in [3.05, 3.63) is 34.2 Å². The van der Waals surface area contributed by atoms with Crippen LogP contribution in [0.3, 0.4) is 0 Å². The lowest BCUT2D eigenvalue weighted by molar-refractivity contribution is 0.312. The molecule has 0 saturated heterocycles. The molecule has 108 valence electrons. The molecular weight excluding hydrogens is 320 g/mol. The number of nitrogens with one attached hydrogen (secondary N) is 1. The number of rotatable bonds is 4. The fourth-order valence-corrected chi connectivity index (χ4v) is 2.96. The van der Waals surface area contributed by atoms with E-state index >= 15 is 0 Å². The third-order valence-electron chi connectivity index (χ3n) is 3.72. The lowest BCUT2D eigenvalue weighted by atomic mass is 10.1. The van der Waals surface area contributed by atoms with E-state index in [-0.39, 0.29) is 6.04 Å². The number of aryl methyl sites for hydroxylation is 2. The highest BCUT2D eigenvalue weighted by molar-refractivity contribution is 9.10. The average Bonchev–Trinajstić information content (AvgIpc) is 3.03. The summed E-state index contributed by atoms with van der Waals surface area (Å²) in [6.45, 7) is 5.10. The first-order valence-corrected chi connectivity index (χ1v) is 7.89. The van der Waals surface area contributed by atoms with Gasteiger partial charge in [-0.1, -0.05) is 6.92 Å². The maximum Gasteiger partial charge on any atom is 0.169 e. The van der Waals surface area contributed by atoms with Crippen LogP contribution in [0.1, 0.15) is 43.7 Å². The molecule has 0 amide bonds. The maximum absolute atomic E-state index is 5.60. The summed E-state index contributed by atoms with van der Waals surface area (Å²) in [6, 6.07) is 4.53. The minimum absolute atomic E-state index is 0.196. The van der Waals surface area contributed by atoms with Crippen molar-refractivity contribution in [1.29, 1.82) is 0 Å². The van der Waals surface area contributed by atoms with Crippen LogP contribution in [0.4, 0.5) is 0 Å². The second kappa shape index (κ2) is 5.69. The molecule has 0 saturated carbocycles. The van der Waals surface area contributed by atoms with Gasteiger partial charge >= 0.3 is 0 Å². The first-order chi connectivity index (χ1) is 9.65. The molecule has 0 aliphatic carbocycles. The van der Waals surface area contributed by atoms with Crippen LogP contribution < -0.4 is 5.32 Å². The van der Waals surface area contributed by atoms with Gasteiger partial charge in [0.05, 0.1) is 12.6 Å². The number of halogens is 1. The fraction of sp³-hybridized carbons (Fsp3) is 0.571. The van der Waals surface area contributed by atoms with Gasteiger partial charge in [-0.15, -0.1) is 0 Å². The molecule has 0 spiro atoms. The molecule has 5 nitrogen and oxygen atoms in total. The summed E-state index contributed by atoms with van der Waals surface area (Å²) in [4.78, 5) is 4.54. The number of nitrogens with zero attached hydrogens (tertiary/aromatic N) is 3. The van der Waals surface area contributed by atoms with E-state index in [2.05, 4.69) is 45.2 Å². The summed E-state index contributed by atoms with van der Waals surface area (Å²) in [5.74, 6) is 3.02. The molecule has 0 fully saturated rings. The Hall–Kier alpha value is -1.14. The molecule has 1 aliphatic rings. The summed E-state index contributed by atoms with van der Waals surface area (Å²) >= 11 is 3.34. The van der Waals surface area contributed by atoms with Crippen LogP contribution in [-0.2, 0) is 19.4 Å². The molecule has 3 rings (SSSR count). The molecule has 1 N–H and O–H groups in total. The Kier molecular flexibility index (Phi) is 3.94. The van der Waals surface area contributed by atoms with Crippen LogP contribution in [0.15, 0.2) is 21.2 Å². The van der Waals surface area contributed by atoms with Crippen molar-refractivity contribution in [1.82, 2.24) is 20.1 Å². The maximum atomic E-state index is 5.60. The Balaban J connectivity index is 1.65. The first kappa shape index (κ1) is 13.8. The Morgan fingerprint density at radius 1 is 1.55 bits per heavy atom. The highest BCUT2D eigenvalue weighted by Gasteiger charge is 2.23. The second-order valence-corrected chi connectivity index (χ2v) is 6.03. The molecule has 0 unspecified atom stereocenters. The molecule has 2 atom stereocenters. The van der Waals surface area contributed by atoms with E-state index in [1.807, 2.05) is 16.8 Å². The third-order valence-corrected chi connectivity index (χ3v) is 4.15. The number of fused-ring (bicyclic) bond motifs is 1. The number of aromatic nitrogens is 3. The van der Waals surface area contributed by atoms with E-state index in [1.165, 1.54) is 0 Å². The normalized spacial score (nSPS) is 19.9. The monoisotopic (exact) mass is 338 g/mol. The SMILES string of the molecule is CCc1nc2n(n1)C[C@@H](N[C@H](C)c1ccc(Br)o1)CC2. The smallest absolute Gasteiger partial charge is 0.169 e. The molecule has 3 heterocycles. The average molecular weight is 339 g/mol. The van der Waals surface area contributed by atoms with E-state index in [9.17, 15) is 0 Å². The van der Waals surface area contributed by atoms with Crippen molar-refractivity contribution in [2.75, 3.05) is 0 Å². The molecule has 20 heavy (non-hydrogen) atoms. The quantitative estimate of drug-likeness (QED) is 0.931. The van der Waals surface area contributed by atoms with Crippen molar-refractivity contribution in [2.24, 2.45) is 0 Å². The van der Waals surface area contributed by atoms with Gasteiger partial charge in [0.25, 0.3) is 0 Å². The predicted molar refractivity (Wildman–Crippen MR) is 79.5 cm³/mol. The van der Waals surface area contributed by atoms with Crippen LogP contribution in [-0.4, -0.2) is 20.8 Å². The van der Waals surface area contributed by atoms with E-state index < -0.39 is 0 Å². The van der Waals surface area contributed by atoms with Crippen LogP contribution in [0, 0.1) is 0 Å². The number of furan rings is 1. The first-order valence-electron chi connectivity index (χ1n) is 7.09. The van der Waals surface area contributed by atoms with Crippen molar-refractivity contribution in [3.8, 4) is 0 Å². The van der Waals surface area contributed by atoms with Gasteiger partial charge in [-0.2, -0.15) is 5.10 Å². The van der Waals surface area contributed by atoms with Crippen molar-refractivity contribution < 1.29 is 4.42 Å². The van der Waals surface area contributed by atoms with Crippen molar-refractivity contribution in [2.45, 2.75) is 51.7 Å². The van der Waals surface area contributed by atoms with Crippen molar-refractivity contribution >= 4 is 15.9 Å². The zero-order valence-electron chi connectivity index (χ0n) is 11.8. The van der Waals surface area contributed by atoms with Gasteiger partial charge in [0.15, 0.2) is 10.5 Å². The van der Waals surface area contributed by atoms with Crippen LogP contribution in [0.2, 0.25) is 0 Å². The second-order valence-electron chi connectivity index (χ2n) is 5.25. The molecule has 1 aliphatic heterocycles. The van der Waals surface area contributed by atoms with E-state index in [0.29, 0.717) is 6.04 Å². The Morgan fingerprint density at radius 2 is 2.40 bits per heavy atom. The third kappa shape index (κ3) is 2.81. The fourth-order valence-electron chi connectivity index (χ4n) is 2.64. The van der Waals surface area contributed by atoms with Gasteiger partial charge in [-0.25, -0.2) is 9.67 Å². The van der Waals surface area contributed by atoms with Crippen LogP contribution >= 0.6 is 15.9 Å². The van der Waals surface area contributed by atoms with Gasteiger partial charge in [-0.3, -0.25) is 0 Å². The molecule has 0 bridgehead atoms. The highest BCUT2D eigenvalue weighted by atomic mass is 79.9. The lowest BCUT2D eigenvalue weighted by Crippen LogP contribution is -2.39. The van der Waals surface area contributed by atoms with Gasteiger partial charge in [0.1, 0.15) is 11.6 Å². The van der Waals surface area contributed by atoms with E-state index in [4.69, 9.17) is 4.42 Å². The largest absolute Gasteiger partial charge is 0.453 e. The molecule has 2 aromatic rings. The summed E-state index contributed by atoms with van der Waals surface area (Å²) < 4.78 is 8.42. The van der Waals surface area contributed by atoms with E-state index in [0.717, 1.165) is 47.9 Å². The number of hydrogen-bond acceptors (Lipinski definition) is 4. The summed E-state index contributed by atoms with van der Waals surface area (Å²) in [5, 5.41) is 8.15. The van der Waals surface area contributed by atoms with Gasteiger partial charge in [0, 0.05) is 18.9 Å². The summed E-state index contributed by atoms with van der Waals surface area (Å²) in [6.07, 6.45) is 2.97.